The quantitative estimate of drug-likeness (QED) is 0.775. The highest BCUT2D eigenvalue weighted by Gasteiger charge is 2.34. The van der Waals surface area contributed by atoms with Gasteiger partial charge in [0.15, 0.2) is 0 Å². The molecule has 0 aromatic heterocycles. The lowest BCUT2D eigenvalue weighted by Gasteiger charge is -2.38. The molecule has 1 saturated carbocycles. The van der Waals surface area contributed by atoms with Crippen molar-refractivity contribution in [3.8, 4) is 0 Å². The van der Waals surface area contributed by atoms with E-state index in [1.54, 1.807) is 18.3 Å². The summed E-state index contributed by atoms with van der Waals surface area (Å²) in [6, 6.07) is 0. The van der Waals surface area contributed by atoms with Gasteiger partial charge in [-0.1, -0.05) is 19.3 Å². The van der Waals surface area contributed by atoms with Crippen LogP contribution in [0, 0.1) is 5.92 Å². The van der Waals surface area contributed by atoms with Crippen LogP contribution in [0.2, 0.25) is 0 Å². The molecule has 1 saturated heterocycles. The molecule has 1 heterocycles. The first-order valence-corrected chi connectivity index (χ1v) is 9.26. The maximum atomic E-state index is 12.4. The highest BCUT2D eigenvalue weighted by Crippen LogP contribution is 2.30. The first-order valence-electron chi connectivity index (χ1n) is 7.65. The van der Waals surface area contributed by atoms with E-state index in [4.69, 9.17) is 9.47 Å². The van der Waals surface area contributed by atoms with Gasteiger partial charge in [0.05, 0.1) is 24.6 Å². The third-order valence-corrected chi connectivity index (χ3v) is 6.48. The minimum Gasteiger partial charge on any atom is -0.381 e. The Hall–Kier alpha value is -0.170. The zero-order chi connectivity index (χ0) is 14.6. The van der Waals surface area contributed by atoms with E-state index in [1.807, 2.05) is 0 Å². The molecule has 1 aliphatic carbocycles. The maximum absolute atomic E-state index is 12.4. The predicted octanol–water partition coefficient (Wildman–Crippen LogP) is 1.63. The monoisotopic (exact) mass is 305 g/mol. The van der Waals surface area contributed by atoms with E-state index >= 15 is 0 Å². The Morgan fingerprint density at radius 2 is 2.00 bits per heavy atom. The molecule has 2 fully saturated rings. The van der Waals surface area contributed by atoms with Crippen LogP contribution >= 0.6 is 0 Å². The molecular formula is C14H27NO4S. The molecule has 0 N–H and O–H groups in total. The Balaban J connectivity index is 1.95. The number of ether oxygens (including phenoxy) is 2. The normalized spacial score (nSPS) is 28.4. The van der Waals surface area contributed by atoms with Crippen LogP contribution in [0.25, 0.3) is 0 Å². The maximum Gasteiger partial charge on any atom is 0.216 e. The van der Waals surface area contributed by atoms with E-state index in [0.717, 1.165) is 0 Å². The summed E-state index contributed by atoms with van der Waals surface area (Å²) >= 11 is 0. The van der Waals surface area contributed by atoms with Gasteiger partial charge < -0.3 is 9.47 Å². The fraction of sp³-hybridized carbons (Fsp3) is 1.00. The number of methoxy groups -OCH3 is 1. The number of hydrogen-bond acceptors (Lipinski definition) is 4. The van der Waals surface area contributed by atoms with Crippen LogP contribution in [0.4, 0.5) is 0 Å². The third kappa shape index (κ3) is 4.16. The summed E-state index contributed by atoms with van der Waals surface area (Å²) in [5.74, 6) is 0.586. The van der Waals surface area contributed by atoms with Crippen molar-refractivity contribution in [1.29, 1.82) is 0 Å². The molecule has 6 heteroatoms. The molecule has 2 atom stereocenters. The van der Waals surface area contributed by atoms with Gasteiger partial charge in [-0.05, 0) is 25.7 Å². The summed E-state index contributed by atoms with van der Waals surface area (Å²) in [7, 11) is -1.69. The van der Waals surface area contributed by atoms with E-state index in [-0.39, 0.29) is 18.0 Å². The zero-order valence-electron chi connectivity index (χ0n) is 12.6. The molecular weight excluding hydrogens is 278 g/mol. The van der Waals surface area contributed by atoms with Crippen LogP contribution < -0.4 is 0 Å². The van der Waals surface area contributed by atoms with Crippen LogP contribution in [-0.2, 0) is 19.5 Å². The Labute approximate surface area is 122 Å². The number of rotatable bonds is 5. The molecule has 0 aromatic rings. The van der Waals surface area contributed by atoms with Crippen molar-refractivity contribution in [2.75, 3.05) is 32.6 Å². The minimum atomic E-state index is -3.24. The fourth-order valence-corrected chi connectivity index (χ4v) is 4.83. The lowest BCUT2D eigenvalue weighted by Crippen LogP contribution is -2.50. The van der Waals surface area contributed by atoms with Crippen molar-refractivity contribution in [3.63, 3.8) is 0 Å². The Morgan fingerprint density at radius 1 is 1.30 bits per heavy atom. The molecule has 0 unspecified atom stereocenters. The Morgan fingerprint density at radius 3 is 2.65 bits per heavy atom. The van der Waals surface area contributed by atoms with Gasteiger partial charge in [-0.3, -0.25) is 0 Å². The summed E-state index contributed by atoms with van der Waals surface area (Å²) in [6.45, 7) is 3.30. The number of morpholine rings is 1. The summed E-state index contributed by atoms with van der Waals surface area (Å²) in [6.07, 6.45) is 5.96. The van der Waals surface area contributed by atoms with Crippen molar-refractivity contribution in [2.45, 2.75) is 51.2 Å². The van der Waals surface area contributed by atoms with Crippen molar-refractivity contribution in [3.05, 3.63) is 0 Å². The van der Waals surface area contributed by atoms with Crippen LogP contribution in [0.5, 0.6) is 0 Å². The van der Waals surface area contributed by atoms with Crippen molar-refractivity contribution in [1.82, 2.24) is 4.31 Å². The Bertz CT molecular complexity index is 392. The van der Waals surface area contributed by atoms with E-state index in [2.05, 4.69) is 0 Å². The standard InChI is InChI=1S/C14H27NO4S/c1-12(18-2)11-20(16,17)15-8-9-19-14(10-15)13-6-4-3-5-7-13/h12-14H,3-11H2,1-2H3/t12-,14+/m0/s1. The summed E-state index contributed by atoms with van der Waals surface area (Å²) in [5.41, 5.74) is 0. The molecule has 0 aromatic carbocycles. The topological polar surface area (TPSA) is 55.8 Å². The summed E-state index contributed by atoms with van der Waals surface area (Å²) in [4.78, 5) is 0. The zero-order valence-corrected chi connectivity index (χ0v) is 13.4. The number of nitrogens with zero attached hydrogens (tertiary/aromatic N) is 1. The molecule has 1 aliphatic heterocycles. The number of sulfonamides is 1. The van der Waals surface area contributed by atoms with Crippen molar-refractivity contribution >= 4 is 10.0 Å². The largest absolute Gasteiger partial charge is 0.381 e. The van der Waals surface area contributed by atoms with Crippen LogP contribution in [0.15, 0.2) is 0 Å². The first kappa shape index (κ1) is 16.2. The molecule has 0 radical (unpaired) electrons. The van der Waals surface area contributed by atoms with Gasteiger partial charge in [-0.15, -0.1) is 0 Å². The Kier molecular flexibility index (Phi) is 5.84. The minimum absolute atomic E-state index is 0.0564. The summed E-state index contributed by atoms with van der Waals surface area (Å²) in [5, 5.41) is 0. The van der Waals surface area contributed by atoms with E-state index in [0.29, 0.717) is 25.6 Å². The average molecular weight is 305 g/mol. The average Bonchev–Trinajstić information content (AvgIpc) is 2.48. The smallest absolute Gasteiger partial charge is 0.216 e. The van der Waals surface area contributed by atoms with Crippen LogP contribution in [0.3, 0.4) is 0 Å². The van der Waals surface area contributed by atoms with E-state index in [9.17, 15) is 8.42 Å². The first-order chi connectivity index (χ1) is 9.53. The third-order valence-electron chi connectivity index (χ3n) is 4.47. The molecule has 0 spiro atoms. The second-order valence-electron chi connectivity index (χ2n) is 5.99. The predicted molar refractivity (Wildman–Crippen MR) is 78.1 cm³/mol. The van der Waals surface area contributed by atoms with Gasteiger partial charge in [-0.2, -0.15) is 4.31 Å². The van der Waals surface area contributed by atoms with Crippen molar-refractivity contribution in [2.24, 2.45) is 5.92 Å². The van der Waals surface area contributed by atoms with Gasteiger partial charge in [0, 0.05) is 20.2 Å². The molecule has 2 aliphatic rings. The van der Waals surface area contributed by atoms with Gasteiger partial charge in [-0.25, -0.2) is 8.42 Å². The number of hydrogen-bond donors (Lipinski definition) is 0. The van der Waals surface area contributed by atoms with Gasteiger partial charge in [0.25, 0.3) is 0 Å². The van der Waals surface area contributed by atoms with Crippen LogP contribution in [-0.4, -0.2) is 57.5 Å². The molecule has 2 rings (SSSR count). The van der Waals surface area contributed by atoms with Gasteiger partial charge in [0.2, 0.25) is 10.0 Å². The summed E-state index contributed by atoms with van der Waals surface area (Å²) < 4.78 is 37.3. The SMILES string of the molecule is CO[C@@H](C)CS(=O)(=O)N1CCO[C@@H](C2CCCCC2)C1. The van der Waals surface area contributed by atoms with E-state index < -0.39 is 10.0 Å². The molecule has 20 heavy (non-hydrogen) atoms. The van der Waals surface area contributed by atoms with Gasteiger partial charge in [0.1, 0.15) is 0 Å². The van der Waals surface area contributed by atoms with E-state index in [1.165, 1.54) is 32.1 Å². The molecule has 0 amide bonds. The van der Waals surface area contributed by atoms with Crippen LogP contribution in [0.1, 0.15) is 39.0 Å². The fourth-order valence-electron chi connectivity index (χ4n) is 3.16. The van der Waals surface area contributed by atoms with Gasteiger partial charge >= 0.3 is 0 Å². The molecule has 5 nitrogen and oxygen atoms in total. The highest BCUT2D eigenvalue weighted by atomic mass is 32.2. The highest BCUT2D eigenvalue weighted by molar-refractivity contribution is 7.89. The van der Waals surface area contributed by atoms with Crippen molar-refractivity contribution < 1.29 is 17.9 Å². The lowest BCUT2D eigenvalue weighted by atomic mass is 9.85. The second kappa shape index (κ2) is 7.20. The molecule has 118 valence electrons. The molecule has 0 bridgehead atoms. The second-order valence-corrected chi connectivity index (χ2v) is 8.00. The lowest BCUT2D eigenvalue weighted by molar-refractivity contribution is -0.0433.